The monoisotopic (exact) mass is 318 g/mol. The Bertz CT molecular complexity index is 805. The van der Waals surface area contributed by atoms with Crippen LogP contribution in [-0.2, 0) is 0 Å². The van der Waals surface area contributed by atoms with E-state index in [4.69, 9.17) is 4.74 Å². The third-order valence-electron chi connectivity index (χ3n) is 3.19. The van der Waals surface area contributed by atoms with E-state index in [0.717, 1.165) is 17.3 Å². The molecule has 0 bridgehead atoms. The van der Waals surface area contributed by atoms with Crippen molar-refractivity contribution in [1.82, 2.24) is 9.97 Å². The lowest BCUT2D eigenvalue weighted by molar-refractivity contribution is 0.485. The van der Waals surface area contributed by atoms with Crippen molar-refractivity contribution in [1.29, 1.82) is 0 Å². The highest BCUT2D eigenvalue weighted by molar-refractivity contribution is 5.63. The van der Waals surface area contributed by atoms with Crippen molar-refractivity contribution in [3.05, 3.63) is 79.5 Å². The molecule has 24 heavy (non-hydrogen) atoms. The molecule has 0 aliphatic heterocycles. The smallest absolute Gasteiger partial charge is 0.229 e. The SMILES string of the molecule is C=CCNc1ccnc(Nc2ccccc2Oc2ccccc2)n1. The zero-order valence-corrected chi connectivity index (χ0v) is 13.1. The number of benzene rings is 2. The lowest BCUT2D eigenvalue weighted by Gasteiger charge is -2.12. The molecule has 0 fully saturated rings. The highest BCUT2D eigenvalue weighted by Gasteiger charge is 2.06. The van der Waals surface area contributed by atoms with Crippen LogP contribution in [0, 0.1) is 0 Å². The van der Waals surface area contributed by atoms with Gasteiger partial charge in [-0.3, -0.25) is 0 Å². The molecule has 0 atom stereocenters. The number of anilines is 3. The van der Waals surface area contributed by atoms with Gasteiger partial charge in [0, 0.05) is 12.7 Å². The van der Waals surface area contributed by atoms with Crippen LogP contribution in [0.3, 0.4) is 0 Å². The summed E-state index contributed by atoms with van der Waals surface area (Å²) in [6.07, 6.45) is 3.47. The summed E-state index contributed by atoms with van der Waals surface area (Å²) < 4.78 is 5.93. The van der Waals surface area contributed by atoms with Gasteiger partial charge in [-0.2, -0.15) is 4.98 Å². The van der Waals surface area contributed by atoms with Gasteiger partial charge in [0.05, 0.1) is 5.69 Å². The largest absolute Gasteiger partial charge is 0.455 e. The molecule has 0 radical (unpaired) electrons. The highest BCUT2D eigenvalue weighted by atomic mass is 16.5. The summed E-state index contributed by atoms with van der Waals surface area (Å²) in [6.45, 7) is 4.32. The summed E-state index contributed by atoms with van der Waals surface area (Å²) in [5.41, 5.74) is 0.794. The van der Waals surface area contributed by atoms with Crippen LogP contribution < -0.4 is 15.4 Å². The van der Waals surface area contributed by atoms with Crippen LogP contribution in [0.4, 0.5) is 17.5 Å². The molecule has 2 aromatic carbocycles. The van der Waals surface area contributed by atoms with Crippen molar-refractivity contribution in [3.63, 3.8) is 0 Å². The molecule has 0 saturated heterocycles. The average molecular weight is 318 g/mol. The lowest BCUT2D eigenvalue weighted by Crippen LogP contribution is -2.04. The van der Waals surface area contributed by atoms with Crippen LogP contribution in [0.25, 0.3) is 0 Å². The summed E-state index contributed by atoms with van der Waals surface area (Å²) in [5.74, 6) is 2.70. The maximum Gasteiger partial charge on any atom is 0.229 e. The Labute approximate surface area is 141 Å². The van der Waals surface area contributed by atoms with Crippen molar-refractivity contribution >= 4 is 17.5 Å². The number of hydrogen-bond acceptors (Lipinski definition) is 5. The summed E-state index contributed by atoms with van der Waals surface area (Å²) in [4.78, 5) is 8.66. The maximum atomic E-state index is 5.93. The molecule has 0 amide bonds. The fraction of sp³-hybridized carbons (Fsp3) is 0.0526. The van der Waals surface area contributed by atoms with E-state index in [1.807, 2.05) is 54.6 Å². The fourth-order valence-corrected chi connectivity index (χ4v) is 2.09. The lowest BCUT2D eigenvalue weighted by atomic mass is 10.3. The Balaban J connectivity index is 1.79. The quantitative estimate of drug-likeness (QED) is 0.623. The van der Waals surface area contributed by atoms with E-state index in [-0.39, 0.29) is 0 Å². The van der Waals surface area contributed by atoms with Gasteiger partial charge in [-0.1, -0.05) is 36.4 Å². The Morgan fingerprint density at radius 3 is 2.62 bits per heavy atom. The normalized spacial score (nSPS) is 10.0. The number of ether oxygens (including phenoxy) is 1. The highest BCUT2D eigenvalue weighted by Crippen LogP contribution is 2.30. The van der Waals surface area contributed by atoms with Crippen molar-refractivity contribution in [2.24, 2.45) is 0 Å². The zero-order chi connectivity index (χ0) is 16.6. The van der Waals surface area contributed by atoms with E-state index in [1.54, 1.807) is 18.3 Å². The summed E-state index contributed by atoms with van der Waals surface area (Å²) >= 11 is 0. The van der Waals surface area contributed by atoms with Gasteiger partial charge in [0.2, 0.25) is 5.95 Å². The molecular weight excluding hydrogens is 300 g/mol. The number of para-hydroxylation sites is 3. The van der Waals surface area contributed by atoms with E-state index in [0.29, 0.717) is 18.2 Å². The molecule has 0 unspecified atom stereocenters. The molecule has 1 aromatic heterocycles. The van der Waals surface area contributed by atoms with Gasteiger partial charge in [0.15, 0.2) is 5.75 Å². The van der Waals surface area contributed by atoms with Crippen LogP contribution in [0.2, 0.25) is 0 Å². The van der Waals surface area contributed by atoms with Gasteiger partial charge >= 0.3 is 0 Å². The van der Waals surface area contributed by atoms with Gasteiger partial charge in [0.25, 0.3) is 0 Å². The van der Waals surface area contributed by atoms with E-state index in [9.17, 15) is 0 Å². The Hall–Kier alpha value is -3.34. The topological polar surface area (TPSA) is 59.1 Å². The van der Waals surface area contributed by atoms with E-state index in [2.05, 4.69) is 27.2 Å². The van der Waals surface area contributed by atoms with Gasteiger partial charge in [-0.05, 0) is 30.3 Å². The molecule has 3 rings (SSSR count). The summed E-state index contributed by atoms with van der Waals surface area (Å²) in [6, 6.07) is 19.1. The first kappa shape index (κ1) is 15.6. The molecule has 0 aliphatic rings. The van der Waals surface area contributed by atoms with Crippen LogP contribution in [0.5, 0.6) is 11.5 Å². The molecule has 0 aliphatic carbocycles. The van der Waals surface area contributed by atoms with Crippen molar-refractivity contribution in [2.75, 3.05) is 17.2 Å². The average Bonchev–Trinajstić information content (AvgIpc) is 2.63. The number of hydrogen-bond donors (Lipinski definition) is 2. The maximum absolute atomic E-state index is 5.93. The standard InChI is InChI=1S/C19H18N4O/c1-2-13-20-18-12-14-21-19(23-18)22-16-10-6-7-11-17(16)24-15-8-4-3-5-9-15/h2-12,14H,1,13H2,(H2,20,21,22,23). The van der Waals surface area contributed by atoms with E-state index < -0.39 is 0 Å². The number of nitrogens with zero attached hydrogens (tertiary/aromatic N) is 2. The molecule has 3 aromatic rings. The first-order chi connectivity index (χ1) is 11.8. The number of rotatable bonds is 7. The predicted molar refractivity (Wildman–Crippen MR) is 97.0 cm³/mol. The second kappa shape index (κ2) is 7.78. The fourth-order valence-electron chi connectivity index (χ4n) is 2.09. The van der Waals surface area contributed by atoms with Gasteiger partial charge in [0.1, 0.15) is 11.6 Å². The third-order valence-corrected chi connectivity index (χ3v) is 3.19. The van der Waals surface area contributed by atoms with Crippen LogP contribution >= 0.6 is 0 Å². The number of aromatic nitrogens is 2. The second-order valence-electron chi connectivity index (χ2n) is 4.97. The van der Waals surface area contributed by atoms with E-state index in [1.165, 1.54) is 0 Å². The molecule has 5 nitrogen and oxygen atoms in total. The Kier molecular flexibility index (Phi) is 5.04. The first-order valence-corrected chi connectivity index (χ1v) is 7.62. The molecule has 0 saturated carbocycles. The van der Waals surface area contributed by atoms with Gasteiger partial charge < -0.3 is 15.4 Å². The first-order valence-electron chi connectivity index (χ1n) is 7.62. The van der Waals surface area contributed by atoms with Crippen LogP contribution in [-0.4, -0.2) is 16.5 Å². The molecule has 5 heteroatoms. The summed E-state index contributed by atoms with van der Waals surface area (Å²) in [5, 5.41) is 6.33. The zero-order valence-electron chi connectivity index (χ0n) is 13.1. The predicted octanol–water partition coefficient (Wildman–Crippen LogP) is 4.61. The molecule has 1 heterocycles. The molecule has 2 N–H and O–H groups in total. The number of nitrogens with one attached hydrogen (secondary N) is 2. The third kappa shape index (κ3) is 4.10. The minimum Gasteiger partial charge on any atom is -0.455 e. The summed E-state index contributed by atoms with van der Waals surface area (Å²) in [7, 11) is 0. The van der Waals surface area contributed by atoms with Crippen LogP contribution in [0.1, 0.15) is 0 Å². The minimum absolute atomic E-state index is 0.494. The molecule has 0 spiro atoms. The van der Waals surface area contributed by atoms with Crippen molar-refractivity contribution in [2.45, 2.75) is 0 Å². The Morgan fingerprint density at radius 1 is 1.00 bits per heavy atom. The van der Waals surface area contributed by atoms with Crippen molar-refractivity contribution in [3.8, 4) is 11.5 Å². The minimum atomic E-state index is 0.494. The van der Waals surface area contributed by atoms with Crippen molar-refractivity contribution < 1.29 is 4.74 Å². The van der Waals surface area contributed by atoms with Gasteiger partial charge in [-0.25, -0.2) is 4.98 Å². The van der Waals surface area contributed by atoms with E-state index >= 15 is 0 Å². The molecular formula is C19H18N4O. The second-order valence-corrected chi connectivity index (χ2v) is 4.97. The van der Waals surface area contributed by atoms with Crippen LogP contribution in [0.15, 0.2) is 79.5 Å². The Morgan fingerprint density at radius 2 is 1.79 bits per heavy atom. The molecule has 120 valence electrons. The van der Waals surface area contributed by atoms with Gasteiger partial charge in [-0.15, -0.1) is 6.58 Å².